The van der Waals surface area contributed by atoms with Crippen molar-refractivity contribution in [2.24, 2.45) is 0 Å². The van der Waals surface area contributed by atoms with Crippen LogP contribution in [0.2, 0.25) is 0 Å². The summed E-state index contributed by atoms with van der Waals surface area (Å²) in [6, 6.07) is 4.41. The molecule has 192 valence electrons. The van der Waals surface area contributed by atoms with Crippen molar-refractivity contribution in [1.29, 1.82) is 5.41 Å². The second-order valence-electron chi connectivity index (χ2n) is 8.89. The van der Waals surface area contributed by atoms with Crippen LogP contribution in [-0.4, -0.2) is 64.9 Å². The van der Waals surface area contributed by atoms with Crippen molar-refractivity contribution in [1.82, 2.24) is 20.9 Å². The molecule has 5 N–H and O–H groups in total. The number of ketones is 1. The van der Waals surface area contributed by atoms with E-state index in [0.717, 1.165) is 29.3 Å². The molecule has 1 aliphatic carbocycles. The van der Waals surface area contributed by atoms with Crippen LogP contribution in [0.25, 0.3) is 10.9 Å². The Morgan fingerprint density at radius 3 is 2.44 bits per heavy atom. The van der Waals surface area contributed by atoms with Gasteiger partial charge in [0.1, 0.15) is 24.2 Å². The number of aromatic nitrogens is 1. The molecule has 3 amide bonds. The number of rotatable bonds is 13. The minimum atomic E-state index is -1.17. The Balaban J connectivity index is 1.72. The molecule has 2 aromatic rings. The highest BCUT2D eigenvalue weighted by molar-refractivity contribution is 6.26. The minimum absolute atomic E-state index is 0.0872. The fourth-order valence-electron chi connectivity index (χ4n) is 3.70. The fraction of sp³-hybridized carbons (Fsp3) is 0.440. The van der Waals surface area contributed by atoms with Crippen LogP contribution in [0.3, 0.4) is 0 Å². The number of esters is 1. The number of fused-ring (bicyclic) bond motifs is 1. The molecule has 1 fully saturated rings. The molecule has 1 aromatic carbocycles. The Kier molecular flexibility index (Phi) is 8.93. The molecule has 36 heavy (non-hydrogen) atoms. The van der Waals surface area contributed by atoms with Crippen molar-refractivity contribution in [3.8, 4) is 0 Å². The summed E-state index contributed by atoms with van der Waals surface area (Å²) in [6.45, 7) is 2.76. The highest BCUT2D eigenvalue weighted by atomic mass is 16.5. The van der Waals surface area contributed by atoms with Gasteiger partial charge in [0.05, 0.1) is 6.21 Å². The largest absolute Gasteiger partial charge is 0.461 e. The molecule has 0 radical (unpaired) electrons. The van der Waals surface area contributed by atoms with E-state index in [9.17, 15) is 24.0 Å². The molecule has 11 nitrogen and oxygen atoms in total. The third-order valence-electron chi connectivity index (χ3n) is 5.79. The summed E-state index contributed by atoms with van der Waals surface area (Å²) in [6.07, 6.45) is 3.77. The maximum atomic E-state index is 13.2. The van der Waals surface area contributed by atoms with Crippen LogP contribution in [-0.2, 0) is 35.1 Å². The Morgan fingerprint density at radius 2 is 1.78 bits per heavy atom. The Hall–Kier alpha value is -4.02. The first-order valence-electron chi connectivity index (χ1n) is 11.8. The lowest BCUT2D eigenvalue weighted by atomic mass is 10.0. The van der Waals surface area contributed by atoms with Gasteiger partial charge in [0.2, 0.25) is 17.7 Å². The molecule has 1 saturated carbocycles. The number of carbonyl (C=O) groups is 5. The summed E-state index contributed by atoms with van der Waals surface area (Å²) in [4.78, 5) is 64.9. The van der Waals surface area contributed by atoms with E-state index in [1.807, 2.05) is 24.3 Å². The zero-order valence-electron chi connectivity index (χ0n) is 20.3. The van der Waals surface area contributed by atoms with Crippen molar-refractivity contribution < 1.29 is 28.7 Å². The van der Waals surface area contributed by atoms with Crippen LogP contribution >= 0.6 is 0 Å². The van der Waals surface area contributed by atoms with E-state index in [1.54, 1.807) is 6.20 Å². The molecule has 3 atom stereocenters. The number of carbonyl (C=O) groups excluding carboxylic acids is 5. The number of nitrogens with one attached hydrogen (secondary N) is 5. The molecule has 0 spiro atoms. The van der Waals surface area contributed by atoms with Gasteiger partial charge in [0.15, 0.2) is 5.78 Å². The van der Waals surface area contributed by atoms with Gasteiger partial charge in [-0.05, 0) is 37.8 Å². The van der Waals surface area contributed by atoms with E-state index in [4.69, 9.17) is 10.1 Å². The monoisotopic (exact) mass is 497 g/mol. The van der Waals surface area contributed by atoms with Crippen LogP contribution in [0.4, 0.5) is 0 Å². The number of para-hydroxylation sites is 1. The number of amides is 3. The number of benzene rings is 1. The van der Waals surface area contributed by atoms with E-state index in [1.165, 1.54) is 13.8 Å². The highest BCUT2D eigenvalue weighted by Crippen LogP contribution is 2.24. The van der Waals surface area contributed by atoms with Crippen molar-refractivity contribution in [3.63, 3.8) is 0 Å². The van der Waals surface area contributed by atoms with Crippen molar-refractivity contribution in [2.45, 2.75) is 70.2 Å². The molecule has 0 unspecified atom stereocenters. The standard InChI is InChI=1S/C25H31N5O6/c1-14(25(35)36-18-8-9-18)28-23(33)21(10-7-17(32)12-26)30-24(34)22(29-15(2)31)11-16-13-27-20-6-4-3-5-19(16)20/h3-6,12-14,18,21-22,26-27H,7-11H2,1-2H3,(H,28,33)(H,29,31)(H,30,34)/t14-,21-,22-/m0/s1. The molecule has 0 aliphatic heterocycles. The van der Waals surface area contributed by atoms with Gasteiger partial charge in [-0.1, -0.05) is 18.2 Å². The lowest BCUT2D eigenvalue weighted by Crippen LogP contribution is -2.56. The summed E-state index contributed by atoms with van der Waals surface area (Å²) in [5.41, 5.74) is 1.68. The number of hydrogen-bond donors (Lipinski definition) is 5. The van der Waals surface area contributed by atoms with Gasteiger partial charge in [0.25, 0.3) is 0 Å². The average molecular weight is 498 g/mol. The first-order valence-corrected chi connectivity index (χ1v) is 11.8. The predicted molar refractivity (Wildman–Crippen MR) is 131 cm³/mol. The summed E-state index contributed by atoms with van der Waals surface area (Å²) in [7, 11) is 0. The smallest absolute Gasteiger partial charge is 0.328 e. The maximum Gasteiger partial charge on any atom is 0.328 e. The number of H-pyrrole nitrogens is 1. The van der Waals surface area contributed by atoms with Crippen LogP contribution in [0.5, 0.6) is 0 Å². The van der Waals surface area contributed by atoms with E-state index in [0.29, 0.717) is 6.21 Å². The molecule has 3 rings (SSSR count). The number of hydrogen-bond acceptors (Lipinski definition) is 7. The summed E-state index contributed by atoms with van der Waals surface area (Å²) < 4.78 is 5.20. The first kappa shape index (κ1) is 26.6. The zero-order chi connectivity index (χ0) is 26.2. The second-order valence-corrected chi connectivity index (χ2v) is 8.89. The van der Waals surface area contributed by atoms with Gasteiger partial charge in [-0.3, -0.25) is 19.2 Å². The summed E-state index contributed by atoms with van der Waals surface area (Å²) >= 11 is 0. The van der Waals surface area contributed by atoms with Crippen LogP contribution < -0.4 is 16.0 Å². The molecule has 0 bridgehead atoms. The Morgan fingerprint density at radius 1 is 1.08 bits per heavy atom. The average Bonchev–Trinajstić information content (AvgIpc) is 3.57. The van der Waals surface area contributed by atoms with Gasteiger partial charge < -0.3 is 31.1 Å². The zero-order valence-corrected chi connectivity index (χ0v) is 20.3. The molecule has 1 aromatic heterocycles. The lowest BCUT2D eigenvalue weighted by molar-refractivity contribution is -0.148. The number of Topliss-reactive ketones (excluding diaryl/α,β-unsaturated/α-hetero) is 1. The lowest BCUT2D eigenvalue weighted by Gasteiger charge is -2.24. The fourth-order valence-corrected chi connectivity index (χ4v) is 3.70. The normalized spacial score (nSPS) is 15.3. The minimum Gasteiger partial charge on any atom is -0.461 e. The van der Waals surface area contributed by atoms with Crippen molar-refractivity contribution in [2.75, 3.05) is 0 Å². The van der Waals surface area contributed by atoms with E-state index < -0.39 is 47.6 Å². The van der Waals surface area contributed by atoms with E-state index in [2.05, 4.69) is 20.9 Å². The summed E-state index contributed by atoms with van der Waals surface area (Å²) in [5, 5.41) is 15.7. The van der Waals surface area contributed by atoms with Crippen LogP contribution in [0.15, 0.2) is 30.5 Å². The van der Waals surface area contributed by atoms with Crippen LogP contribution in [0, 0.1) is 5.41 Å². The van der Waals surface area contributed by atoms with Gasteiger partial charge in [-0.15, -0.1) is 0 Å². The Bertz CT molecular complexity index is 1150. The third-order valence-corrected chi connectivity index (χ3v) is 5.79. The van der Waals surface area contributed by atoms with Crippen molar-refractivity contribution >= 4 is 46.6 Å². The molecule has 1 heterocycles. The topological polar surface area (TPSA) is 170 Å². The molecular weight excluding hydrogens is 466 g/mol. The SMILES string of the molecule is CC(=O)N[C@@H](Cc1c[nH]c2ccccc12)C(=O)N[C@@H](CCC(=O)C=N)C(=O)N[C@@H](C)C(=O)OC1CC1. The van der Waals surface area contributed by atoms with Gasteiger partial charge in [-0.2, -0.15) is 0 Å². The molecule has 1 aliphatic rings. The van der Waals surface area contributed by atoms with Crippen molar-refractivity contribution in [3.05, 3.63) is 36.0 Å². The second kappa shape index (κ2) is 12.1. The Labute approximate surface area is 208 Å². The molecule has 0 saturated heterocycles. The van der Waals surface area contributed by atoms with Gasteiger partial charge in [-0.25, -0.2) is 4.79 Å². The maximum absolute atomic E-state index is 13.2. The molecular formula is C25H31N5O6. The number of ether oxygens (including phenoxy) is 1. The highest BCUT2D eigenvalue weighted by Gasteiger charge is 2.32. The van der Waals surface area contributed by atoms with Gasteiger partial charge in [0, 0.05) is 36.9 Å². The first-order chi connectivity index (χ1) is 17.2. The molecule has 11 heteroatoms. The van der Waals surface area contributed by atoms with Gasteiger partial charge >= 0.3 is 5.97 Å². The van der Waals surface area contributed by atoms with E-state index >= 15 is 0 Å². The third kappa shape index (κ3) is 7.49. The number of aromatic amines is 1. The quantitative estimate of drug-likeness (QED) is 0.203. The summed E-state index contributed by atoms with van der Waals surface area (Å²) in [5.74, 6) is -2.81. The van der Waals surface area contributed by atoms with Crippen LogP contribution in [0.1, 0.15) is 45.1 Å². The predicted octanol–water partition coefficient (Wildman–Crippen LogP) is 0.909. The van der Waals surface area contributed by atoms with E-state index in [-0.39, 0.29) is 25.4 Å².